The van der Waals surface area contributed by atoms with Gasteiger partial charge in [0, 0.05) is 17.7 Å². The van der Waals surface area contributed by atoms with E-state index in [1.54, 1.807) is 31.4 Å². The average Bonchev–Trinajstić information content (AvgIpc) is 2.75. The molecular weight excluding hydrogens is 371 g/mol. The Kier molecular flexibility index (Phi) is 6.58. The Balaban J connectivity index is 1.54. The Bertz CT molecular complexity index is 1000. The molecule has 6 heteroatoms. The standard InChI is InChI=1S/C23H21FN2O3/c1-29-19-6-4-5-16(15-19)13-14-25-22(27)17-9-11-18(12-10-17)23(28)26-21-8-3-2-7-20(21)24/h2-12,15H,13-14H2,1H3,(H,25,27)(H,26,28). The van der Waals surface area contributed by atoms with E-state index in [4.69, 9.17) is 4.74 Å². The number of hydrogen-bond donors (Lipinski definition) is 2. The summed E-state index contributed by atoms with van der Waals surface area (Å²) >= 11 is 0. The quantitative estimate of drug-likeness (QED) is 0.637. The fourth-order valence-electron chi connectivity index (χ4n) is 2.78. The predicted molar refractivity (Wildman–Crippen MR) is 110 cm³/mol. The number of ether oxygens (including phenoxy) is 1. The Morgan fingerprint density at radius 3 is 2.28 bits per heavy atom. The minimum Gasteiger partial charge on any atom is -0.497 e. The Hall–Kier alpha value is -3.67. The molecule has 0 saturated heterocycles. The number of amides is 2. The average molecular weight is 392 g/mol. The van der Waals surface area contributed by atoms with E-state index >= 15 is 0 Å². The monoisotopic (exact) mass is 392 g/mol. The molecule has 0 heterocycles. The van der Waals surface area contributed by atoms with E-state index in [0.717, 1.165) is 11.3 Å². The molecule has 3 aromatic rings. The fourth-order valence-corrected chi connectivity index (χ4v) is 2.78. The molecule has 0 saturated carbocycles. The molecule has 0 atom stereocenters. The molecule has 0 unspecified atom stereocenters. The zero-order valence-electron chi connectivity index (χ0n) is 15.9. The van der Waals surface area contributed by atoms with E-state index in [1.165, 1.54) is 24.3 Å². The second-order valence-corrected chi connectivity index (χ2v) is 6.37. The number of nitrogens with one attached hydrogen (secondary N) is 2. The molecule has 148 valence electrons. The molecule has 2 amide bonds. The van der Waals surface area contributed by atoms with Crippen LogP contribution in [0.5, 0.6) is 5.75 Å². The lowest BCUT2D eigenvalue weighted by atomic mass is 10.1. The minimum atomic E-state index is -0.507. The zero-order chi connectivity index (χ0) is 20.6. The topological polar surface area (TPSA) is 67.4 Å². The van der Waals surface area contributed by atoms with Crippen molar-refractivity contribution in [2.24, 2.45) is 0 Å². The molecule has 0 radical (unpaired) electrons. The lowest BCUT2D eigenvalue weighted by molar-refractivity contribution is 0.0952. The van der Waals surface area contributed by atoms with Crippen LogP contribution in [-0.4, -0.2) is 25.5 Å². The molecule has 0 aromatic heterocycles. The van der Waals surface area contributed by atoms with Crippen LogP contribution < -0.4 is 15.4 Å². The van der Waals surface area contributed by atoms with Gasteiger partial charge in [-0.05, 0) is 60.5 Å². The van der Waals surface area contributed by atoms with E-state index in [-0.39, 0.29) is 11.6 Å². The molecule has 0 aliphatic heterocycles. The summed E-state index contributed by atoms with van der Waals surface area (Å²) < 4.78 is 18.8. The Morgan fingerprint density at radius 2 is 1.59 bits per heavy atom. The molecule has 29 heavy (non-hydrogen) atoms. The van der Waals surface area contributed by atoms with Crippen LogP contribution in [-0.2, 0) is 6.42 Å². The summed E-state index contributed by atoms with van der Waals surface area (Å²) in [5.74, 6) is -0.403. The number of carbonyl (C=O) groups excluding carboxylic acids is 2. The van der Waals surface area contributed by atoms with Crippen molar-refractivity contribution < 1.29 is 18.7 Å². The molecule has 0 spiro atoms. The Labute approximate surface area is 168 Å². The first-order valence-electron chi connectivity index (χ1n) is 9.14. The molecule has 2 N–H and O–H groups in total. The van der Waals surface area contributed by atoms with Crippen LogP contribution >= 0.6 is 0 Å². The Morgan fingerprint density at radius 1 is 0.897 bits per heavy atom. The summed E-state index contributed by atoms with van der Waals surface area (Å²) in [4.78, 5) is 24.5. The lowest BCUT2D eigenvalue weighted by Gasteiger charge is -2.08. The first-order chi connectivity index (χ1) is 14.1. The molecule has 3 aromatic carbocycles. The van der Waals surface area contributed by atoms with E-state index < -0.39 is 11.7 Å². The van der Waals surface area contributed by atoms with Crippen molar-refractivity contribution in [2.45, 2.75) is 6.42 Å². The van der Waals surface area contributed by atoms with E-state index in [1.807, 2.05) is 24.3 Å². The minimum absolute atomic E-state index is 0.108. The van der Waals surface area contributed by atoms with Gasteiger partial charge in [-0.1, -0.05) is 24.3 Å². The summed E-state index contributed by atoms with van der Waals surface area (Å²) in [6.07, 6.45) is 0.673. The molecule has 0 fully saturated rings. The maximum atomic E-state index is 13.6. The number of rotatable bonds is 7. The largest absolute Gasteiger partial charge is 0.497 e. The third-order valence-corrected chi connectivity index (χ3v) is 4.36. The highest BCUT2D eigenvalue weighted by molar-refractivity contribution is 6.05. The highest BCUT2D eigenvalue weighted by Crippen LogP contribution is 2.15. The van der Waals surface area contributed by atoms with Gasteiger partial charge >= 0.3 is 0 Å². The molecule has 0 bridgehead atoms. The van der Waals surface area contributed by atoms with Crippen LogP contribution in [0.25, 0.3) is 0 Å². The highest BCUT2D eigenvalue weighted by atomic mass is 19.1. The number of halogens is 1. The number of carbonyl (C=O) groups is 2. The number of benzene rings is 3. The SMILES string of the molecule is COc1cccc(CCNC(=O)c2ccc(C(=O)Nc3ccccc3F)cc2)c1. The van der Waals surface area contributed by atoms with E-state index in [0.29, 0.717) is 24.1 Å². The number of methoxy groups -OCH3 is 1. The van der Waals surface area contributed by atoms with Crippen molar-refractivity contribution in [1.82, 2.24) is 5.32 Å². The number of para-hydroxylation sites is 1. The van der Waals surface area contributed by atoms with Gasteiger partial charge in [-0.15, -0.1) is 0 Å². The van der Waals surface area contributed by atoms with Gasteiger partial charge in [-0.2, -0.15) is 0 Å². The van der Waals surface area contributed by atoms with Gasteiger partial charge in [0.15, 0.2) is 0 Å². The maximum absolute atomic E-state index is 13.6. The molecule has 0 aliphatic rings. The van der Waals surface area contributed by atoms with Crippen molar-refractivity contribution >= 4 is 17.5 Å². The van der Waals surface area contributed by atoms with E-state index in [2.05, 4.69) is 10.6 Å². The molecular formula is C23H21FN2O3. The van der Waals surface area contributed by atoms with Crippen molar-refractivity contribution in [3.8, 4) is 5.75 Å². The van der Waals surface area contributed by atoms with Crippen LogP contribution in [0.1, 0.15) is 26.3 Å². The van der Waals surface area contributed by atoms with Crippen molar-refractivity contribution in [3.05, 3.63) is 95.3 Å². The second-order valence-electron chi connectivity index (χ2n) is 6.37. The zero-order valence-corrected chi connectivity index (χ0v) is 15.9. The lowest BCUT2D eigenvalue weighted by Crippen LogP contribution is -2.25. The van der Waals surface area contributed by atoms with Gasteiger partial charge in [0.2, 0.25) is 0 Å². The fraction of sp³-hybridized carbons (Fsp3) is 0.130. The molecule has 5 nitrogen and oxygen atoms in total. The summed E-state index contributed by atoms with van der Waals surface area (Å²) in [5.41, 5.74) is 1.95. The first-order valence-corrected chi connectivity index (χ1v) is 9.14. The molecule has 0 aliphatic carbocycles. The maximum Gasteiger partial charge on any atom is 0.255 e. The van der Waals surface area contributed by atoms with Crippen molar-refractivity contribution in [2.75, 3.05) is 19.0 Å². The predicted octanol–water partition coefficient (Wildman–Crippen LogP) is 4.06. The van der Waals surface area contributed by atoms with Crippen molar-refractivity contribution in [3.63, 3.8) is 0 Å². The molecule has 3 rings (SSSR count). The van der Waals surface area contributed by atoms with Crippen LogP contribution in [0.4, 0.5) is 10.1 Å². The third kappa shape index (κ3) is 5.42. The van der Waals surface area contributed by atoms with Crippen LogP contribution in [0.3, 0.4) is 0 Å². The second kappa shape index (κ2) is 9.50. The third-order valence-electron chi connectivity index (χ3n) is 4.36. The van der Waals surface area contributed by atoms with Gasteiger partial charge < -0.3 is 15.4 Å². The van der Waals surface area contributed by atoms with Gasteiger partial charge in [0.05, 0.1) is 12.8 Å². The number of anilines is 1. The first kappa shape index (κ1) is 20.1. The van der Waals surface area contributed by atoms with Crippen molar-refractivity contribution in [1.29, 1.82) is 0 Å². The number of hydrogen-bond acceptors (Lipinski definition) is 3. The van der Waals surface area contributed by atoms with Gasteiger partial charge in [-0.25, -0.2) is 4.39 Å². The van der Waals surface area contributed by atoms with Crippen LogP contribution in [0.2, 0.25) is 0 Å². The van der Waals surface area contributed by atoms with Gasteiger partial charge in [0.1, 0.15) is 11.6 Å². The summed E-state index contributed by atoms with van der Waals surface area (Å²) in [6.45, 7) is 0.474. The summed E-state index contributed by atoms with van der Waals surface area (Å²) in [5, 5.41) is 5.36. The smallest absolute Gasteiger partial charge is 0.255 e. The summed E-state index contributed by atoms with van der Waals surface area (Å²) in [7, 11) is 1.61. The van der Waals surface area contributed by atoms with Gasteiger partial charge in [0.25, 0.3) is 11.8 Å². The summed E-state index contributed by atoms with van der Waals surface area (Å²) in [6, 6.07) is 19.8. The highest BCUT2D eigenvalue weighted by Gasteiger charge is 2.11. The normalized spacial score (nSPS) is 10.3. The van der Waals surface area contributed by atoms with E-state index in [9.17, 15) is 14.0 Å². The van der Waals surface area contributed by atoms with Crippen LogP contribution in [0, 0.1) is 5.82 Å². The van der Waals surface area contributed by atoms with Gasteiger partial charge in [-0.3, -0.25) is 9.59 Å². The van der Waals surface area contributed by atoms with Crippen LogP contribution in [0.15, 0.2) is 72.8 Å².